The minimum absolute atomic E-state index is 0.0958. The number of carbonyl (C=O) groups is 3. The SMILES string of the molecule is CC/C=C\C/C=C\CCCCCCCC(=O)OC(COC(=O)CCCCCCC\C=C/C=C\C=C/C=C\CCCCC)COC(=O)CCCCCCC/C=C\CCCC. The molecule has 0 aromatic rings. The highest BCUT2D eigenvalue weighted by atomic mass is 16.6. The zero-order valence-corrected chi connectivity index (χ0v) is 38.2. The van der Waals surface area contributed by atoms with Crippen LogP contribution < -0.4 is 0 Å². The van der Waals surface area contributed by atoms with E-state index in [4.69, 9.17) is 14.2 Å². The fourth-order valence-corrected chi connectivity index (χ4v) is 6.29. The molecule has 0 fully saturated rings. The number of hydrogen-bond acceptors (Lipinski definition) is 6. The normalized spacial score (nSPS) is 12.8. The van der Waals surface area contributed by atoms with Crippen molar-refractivity contribution < 1.29 is 28.6 Å². The lowest BCUT2D eigenvalue weighted by molar-refractivity contribution is -0.167. The molecule has 0 aromatic heterocycles. The van der Waals surface area contributed by atoms with Gasteiger partial charge in [0, 0.05) is 19.3 Å². The van der Waals surface area contributed by atoms with E-state index in [0.717, 1.165) is 128 Å². The molecule has 0 aliphatic carbocycles. The lowest BCUT2D eigenvalue weighted by Gasteiger charge is -2.18. The Balaban J connectivity index is 4.44. The molecule has 1 unspecified atom stereocenters. The first-order valence-corrected chi connectivity index (χ1v) is 24.1. The summed E-state index contributed by atoms with van der Waals surface area (Å²) in [7, 11) is 0. The van der Waals surface area contributed by atoms with Crippen LogP contribution in [0.15, 0.2) is 85.1 Å². The van der Waals surface area contributed by atoms with Crippen molar-refractivity contribution in [2.75, 3.05) is 13.2 Å². The first-order chi connectivity index (χ1) is 29.0. The maximum atomic E-state index is 12.7. The summed E-state index contributed by atoms with van der Waals surface area (Å²) in [5, 5.41) is 0. The zero-order valence-electron chi connectivity index (χ0n) is 38.2. The summed E-state index contributed by atoms with van der Waals surface area (Å²) in [6, 6.07) is 0. The van der Waals surface area contributed by atoms with Gasteiger partial charge in [0.1, 0.15) is 13.2 Å². The molecule has 0 saturated carbocycles. The number of unbranched alkanes of at least 4 members (excludes halogenated alkanes) is 20. The average Bonchev–Trinajstić information content (AvgIpc) is 3.23. The molecule has 0 radical (unpaired) electrons. The van der Waals surface area contributed by atoms with Gasteiger partial charge in [-0.1, -0.05) is 189 Å². The molecule has 0 bridgehead atoms. The molecule has 6 heteroatoms. The van der Waals surface area contributed by atoms with E-state index in [2.05, 4.69) is 106 Å². The van der Waals surface area contributed by atoms with Crippen molar-refractivity contribution in [2.45, 2.75) is 219 Å². The molecule has 59 heavy (non-hydrogen) atoms. The fraction of sp³-hybridized carbons (Fsp3) is 0.679. The van der Waals surface area contributed by atoms with E-state index in [1.807, 2.05) is 0 Å². The van der Waals surface area contributed by atoms with Crippen LogP contribution in [0.1, 0.15) is 213 Å². The summed E-state index contributed by atoms with van der Waals surface area (Å²) in [6.07, 6.45) is 59.9. The molecule has 336 valence electrons. The molecular formula is C53H88O6. The number of rotatable bonds is 42. The van der Waals surface area contributed by atoms with Gasteiger partial charge in [-0.15, -0.1) is 0 Å². The van der Waals surface area contributed by atoms with Crippen LogP contribution >= 0.6 is 0 Å². The maximum absolute atomic E-state index is 12.7. The monoisotopic (exact) mass is 821 g/mol. The number of allylic oxidation sites excluding steroid dienone is 14. The van der Waals surface area contributed by atoms with E-state index in [9.17, 15) is 14.4 Å². The minimum Gasteiger partial charge on any atom is -0.462 e. The second-order valence-electron chi connectivity index (χ2n) is 15.7. The molecule has 0 amide bonds. The Hall–Kier alpha value is -3.41. The second-order valence-corrected chi connectivity index (χ2v) is 15.7. The van der Waals surface area contributed by atoms with Gasteiger partial charge in [-0.25, -0.2) is 0 Å². The molecule has 6 nitrogen and oxygen atoms in total. The highest BCUT2D eigenvalue weighted by molar-refractivity contribution is 5.71. The average molecular weight is 821 g/mol. The van der Waals surface area contributed by atoms with Crippen molar-refractivity contribution in [1.82, 2.24) is 0 Å². The van der Waals surface area contributed by atoms with E-state index >= 15 is 0 Å². The van der Waals surface area contributed by atoms with Gasteiger partial charge in [-0.2, -0.15) is 0 Å². The van der Waals surface area contributed by atoms with Crippen molar-refractivity contribution in [3.8, 4) is 0 Å². The Morgan fingerprint density at radius 2 is 0.746 bits per heavy atom. The van der Waals surface area contributed by atoms with Crippen LogP contribution in [0.2, 0.25) is 0 Å². The Labute approximate surface area is 363 Å². The molecule has 0 aliphatic rings. The first kappa shape index (κ1) is 55.6. The van der Waals surface area contributed by atoms with Crippen molar-refractivity contribution in [2.24, 2.45) is 0 Å². The highest BCUT2D eigenvalue weighted by Gasteiger charge is 2.19. The zero-order chi connectivity index (χ0) is 43.0. The van der Waals surface area contributed by atoms with E-state index in [1.54, 1.807) is 0 Å². The molecule has 0 spiro atoms. The number of carbonyl (C=O) groups excluding carboxylic acids is 3. The number of esters is 3. The standard InChI is InChI=1S/C53H88O6/c1-4-7-10-13-16-19-22-24-25-26-27-28-29-32-34-37-40-43-46-52(55)58-49-50(48-57-51(54)45-42-39-36-33-30-21-18-15-12-9-6-3)59-53(56)47-44-41-38-35-31-23-20-17-14-11-8-5-2/h8,11,15-20,22,24-28,50H,4-7,9-10,12-14,21,23,29-49H2,1-3H3/b11-8-,18-15-,19-16-,20-17-,24-22-,26-25-,28-27-. The van der Waals surface area contributed by atoms with Crippen LogP contribution in [0.5, 0.6) is 0 Å². The molecule has 0 aromatic carbocycles. The van der Waals surface area contributed by atoms with Crippen LogP contribution in [-0.4, -0.2) is 37.2 Å². The third-order valence-electron chi connectivity index (χ3n) is 9.95. The predicted octanol–water partition coefficient (Wildman–Crippen LogP) is 15.6. The predicted molar refractivity (Wildman–Crippen MR) is 251 cm³/mol. The minimum atomic E-state index is -0.796. The van der Waals surface area contributed by atoms with Gasteiger partial charge in [-0.3, -0.25) is 14.4 Å². The van der Waals surface area contributed by atoms with Gasteiger partial charge in [0.25, 0.3) is 0 Å². The van der Waals surface area contributed by atoms with Gasteiger partial charge >= 0.3 is 17.9 Å². The first-order valence-electron chi connectivity index (χ1n) is 24.1. The largest absolute Gasteiger partial charge is 0.462 e. The lowest BCUT2D eigenvalue weighted by atomic mass is 10.1. The van der Waals surface area contributed by atoms with E-state index < -0.39 is 6.10 Å². The van der Waals surface area contributed by atoms with Crippen molar-refractivity contribution in [3.63, 3.8) is 0 Å². The van der Waals surface area contributed by atoms with Crippen LogP contribution in [-0.2, 0) is 28.6 Å². The highest BCUT2D eigenvalue weighted by Crippen LogP contribution is 2.13. The fourth-order valence-electron chi connectivity index (χ4n) is 6.29. The van der Waals surface area contributed by atoms with E-state index in [0.29, 0.717) is 19.3 Å². The van der Waals surface area contributed by atoms with Gasteiger partial charge in [0.15, 0.2) is 6.10 Å². The molecule has 1 atom stereocenters. The van der Waals surface area contributed by atoms with Crippen molar-refractivity contribution in [1.29, 1.82) is 0 Å². The van der Waals surface area contributed by atoms with Gasteiger partial charge in [0.05, 0.1) is 0 Å². The van der Waals surface area contributed by atoms with Crippen molar-refractivity contribution in [3.05, 3.63) is 85.1 Å². The maximum Gasteiger partial charge on any atom is 0.306 e. The Morgan fingerprint density at radius 3 is 1.24 bits per heavy atom. The second kappa shape index (κ2) is 47.3. The van der Waals surface area contributed by atoms with Crippen LogP contribution in [0.3, 0.4) is 0 Å². The third-order valence-corrected chi connectivity index (χ3v) is 9.95. The molecule has 0 saturated heterocycles. The smallest absolute Gasteiger partial charge is 0.306 e. The summed E-state index contributed by atoms with van der Waals surface area (Å²) in [5.41, 5.74) is 0. The summed E-state index contributed by atoms with van der Waals surface area (Å²) < 4.78 is 16.7. The van der Waals surface area contributed by atoms with Gasteiger partial charge in [-0.05, 0) is 89.9 Å². The van der Waals surface area contributed by atoms with Gasteiger partial charge < -0.3 is 14.2 Å². The summed E-state index contributed by atoms with van der Waals surface area (Å²) in [5.74, 6) is -0.949. The van der Waals surface area contributed by atoms with Crippen LogP contribution in [0, 0.1) is 0 Å². The number of ether oxygens (including phenoxy) is 3. The Morgan fingerprint density at radius 1 is 0.373 bits per heavy atom. The topological polar surface area (TPSA) is 78.9 Å². The number of hydrogen-bond donors (Lipinski definition) is 0. The van der Waals surface area contributed by atoms with Crippen molar-refractivity contribution >= 4 is 17.9 Å². The molecule has 0 aliphatic heterocycles. The Kier molecular flexibility index (Phi) is 44.5. The third kappa shape index (κ3) is 45.5. The summed E-state index contributed by atoms with van der Waals surface area (Å²) in [4.78, 5) is 37.8. The van der Waals surface area contributed by atoms with Crippen LogP contribution in [0.25, 0.3) is 0 Å². The van der Waals surface area contributed by atoms with E-state index in [-0.39, 0.29) is 31.1 Å². The van der Waals surface area contributed by atoms with Gasteiger partial charge in [0.2, 0.25) is 0 Å². The summed E-state index contributed by atoms with van der Waals surface area (Å²) in [6.45, 7) is 6.39. The molecule has 0 rings (SSSR count). The molecular weight excluding hydrogens is 733 g/mol. The van der Waals surface area contributed by atoms with Crippen LogP contribution in [0.4, 0.5) is 0 Å². The quantitative estimate of drug-likeness (QED) is 0.0201. The van der Waals surface area contributed by atoms with E-state index in [1.165, 1.54) is 44.9 Å². The molecule has 0 N–H and O–H groups in total. The summed E-state index contributed by atoms with van der Waals surface area (Å²) >= 11 is 0. The lowest BCUT2D eigenvalue weighted by Crippen LogP contribution is -2.30. The molecule has 0 heterocycles. The Bertz CT molecular complexity index is 1170.